The van der Waals surface area contributed by atoms with Gasteiger partial charge in [-0.25, -0.2) is 0 Å². The van der Waals surface area contributed by atoms with E-state index in [0.29, 0.717) is 23.5 Å². The summed E-state index contributed by atoms with van der Waals surface area (Å²) in [6, 6.07) is 2.99. The van der Waals surface area contributed by atoms with Crippen molar-refractivity contribution in [2.45, 2.75) is 13.3 Å². The second-order valence-electron chi connectivity index (χ2n) is 3.73. The lowest BCUT2D eigenvalue weighted by Crippen LogP contribution is -1.99. The molecule has 0 unspecified atom stereocenters. The van der Waals surface area contributed by atoms with Crippen LogP contribution in [0, 0.1) is 10.1 Å². The van der Waals surface area contributed by atoms with Crippen molar-refractivity contribution in [2.75, 3.05) is 14.2 Å². The molecule has 17 heavy (non-hydrogen) atoms. The maximum atomic E-state index is 11.0. The fraction of sp³-hybridized carbons (Fsp3) is 0.333. The van der Waals surface area contributed by atoms with E-state index < -0.39 is 4.92 Å². The van der Waals surface area contributed by atoms with Crippen LogP contribution in [0.4, 0.5) is 5.69 Å². The van der Waals surface area contributed by atoms with Gasteiger partial charge < -0.3 is 9.47 Å². The van der Waals surface area contributed by atoms with Gasteiger partial charge in [0.1, 0.15) is 0 Å². The molecule has 0 fully saturated rings. The summed E-state index contributed by atoms with van der Waals surface area (Å²) in [6.07, 6.45) is 0.441. The van der Waals surface area contributed by atoms with Crippen LogP contribution in [0.25, 0.3) is 0 Å². The maximum Gasteiger partial charge on any atom is 0.276 e. The Labute approximate surface area is 99.8 Å². The zero-order chi connectivity index (χ0) is 13.0. The first-order valence-corrected chi connectivity index (χ1v) is 5.03. The highest BCUT2D eigenvalue weighted by Crippen LogP contribution is 2.35. The van der Waals surface area contributed by atoms with Crippen LogP contribution in [0.3, 0.4) is 0 Å². The van der Waals surface area contributed by atoms with Crippen molar-refractivity contribution in [3.05, 3.63) is 40.0 Å². The first-order chi connectivity index (χ1) is 7.99. The fourth-order valence-corrected chi connectivity index (χ4v) is 1.55. The van der Waals surface area contributed by atoms with E-state index in [1.807, 2.05) is 6.92 Å². The van der Waals surface area contributed by atoms with Gasteiger partial charge in [0.05, 0.1) is 25.2 Å². The molecule has 92 valence electrons. The van der Waals surface area contributed by atoms with Gasteiger partial charge in [-0.1, -0.05) is 12.2 Å². The Hall–Kier alpha value is -2.04. The first-order valence-electron chi connectivity index (χ1n) is 5.03. The molecule has 0 N–H and O–H groups in total. The lowest BCUT2D eigenvalue weighted by atomic mass is 10.0. The minimum atomic E-state index is -0.430. The molecule has 0 radical (unpaired) electrons. The molecule has 0 spiro atoms. The van der Waals surface area contributed by atoms with E-state index in [1.165, 1.54) is 20.3 Å². The highest BCUT2D eigenvalue weighted by atomic mass is 16.6. The third-order valence-electron chi connectivity index (χ3n) is 2.27. The highest BCUT2D eigenvalue weighted by Gasteiger charge is 2.19. The van der Waals surface area contributed by atoms with Crippen molar-refractivity contribution in [1.82, 2.24) is 0 Å². The van der Waals surface area contributed by atoms with Gasteiger partial charge in [-0.3, -0.25) is 10.1 Å². The van der Waals surface area contributed by atoms with Crippen LogP contribution in [-0.4, -0.2) is 19.1 Å². The Bertz CT molecular complexity index is 454. The standard InChI is InChI=1S/C12H15NO4/c1-8(2)5-9-6-11(16-3)12(17-4)7-10(9)13(14)15/h6-7H,1,5H2,2-4H3. The Morgan fingerprint density at radius 1 is 1.35 bits per heavy atom. The van der Waals surface area contributed by atoms with Gasteiger partial charge in [0.2, 0.25) is 0 Å². The molecular formula is C12H15NO4. The van der Waals surface area contributed by atoms with Gasteiger partial charge in [0.15, 0.2) is 11.5 Å². The molecule has 0 aliphatic heterocycles. The van der Waals surface area contributed by atoms with E-state index in [-0.39, 0.29) is 5.69 Å². The van der Waals surface area contributed by atoms with E-state index in [9.17, 15) is 10.1 Å². The zero-order valence-electron chi connectivity index (χ0n) is 10.1. The van der Waals surface area contributed by atoms with E-state index >= 15 is 0 Å². The summed E-state index contributed by atoms with van der Waals surface area (Å²) in [5.41, 5.74) is 1.44. The maximum absolute atomic E-state index is 11.0. The number of hydrogen-bond acceptors (Lipinski definition) is 4. The van der Waals surface area contributed by atoms with E-state index in [2.05, 4.69) is 6.58 Å². The average Bonchev–Trinajstić information content (AvgIpc) is 2.27. The van der Waals surface area contributed by atoms with Crippen LogP contribution in [0.1, 0.15) is 12.5 Å². The third kappa shape index (κ3) is 2.96. The fourth-order valence-electron chi connectivity index (χ4n) is 1.55. The molecule has 1 aromatic rings. The number of hydrogen-bond donors (Lipinski definition) is 0. The Morgan fingerprint density at radius 3 is 2.29 bits per heavy atom. The molecule has 0 amide bonds. The van der Waals surface area contributed by atoms with Gasteiger partial charge in [0.25, 0.3) is 5.69 Å². The molecule has 5 heteroatoms. The molecule has 5 nitrogen and oxygen atoms in total. The van der Waals surface area contributed by atoms with Crippen molar-refractivity contribution >= 4 is 5.69 Å². The number of nitro groups is 1. The van der Waals surface area contributed by atoms with E-state index in [4.69, 9.17) is 9.47 Å². The minimum absolute atomic E-state index is 0.0191. The van der Waals surface area contributed by atoms with Gasteiger partial charge in [-0.15, -0.1) is 0 Å². The van der Waals surface area contributed by atoms with Crippen molar-refractivity contribution in [3.63, 3.8) is 0 Å². The molecule has 0 aliphatic carbocycles. The summed E-state index contributed by atoms with van der Waals surface area (Å²) >= 11 is 0. The Balaban J connectivity index is 3.34. The molecule has 1 rings (SSSR count). The summed E-state index contributed by atoms with van der Waals surface area (Å²) in [5, 5.41) is 11.0. The SMILES string of the molecule is C=C(C)Cc1cc(OC)c(OC)cc1[N+](=O)[O-]. The summed E-state index contributed by atoms with van der Waals surface area (Å²) < 4.78 is 10.2. The third-order valence-corrected chi connectivity index (χ3v) is 2.27. The molecule has 0 heterocycles. The molecule has 0 atom stereocenters. The van der Waals surface area contributed by atoms with Crippen LogP contribution >= 0.6 is 0 Å². The minimum Gasteiger partial charge on any atom is -0.493 e. The molecule has 0 bridgehead atoms. The average molecular weight is 237 g/mol. The van der Waals surface area contributed by atoms with Crippen LogP contribution in [-0.2, 0) is 6.42 Å². The van der Waals surface area contributed by atoms with Crippen molar-refractivity contribution in [1.29, 1.82) is 0 Å². The van der Waals surface area contributed by atoms with Gasteiger partial charge in [-0.05, 0) is 19.4 Å². The number of ether oxygens (including phenoxy) is 2. The van der Waals surface area contributed by atoms with Gasteiger partial charge >= 0.3 is 0 Å². The molecule has 0 saturated heterocycles. The van der Waals surface area contributed by atoms with Crippen LogP contribution in [0.15, 0.2) is 24.3 Å². The lowest BCUT2D eigenvalue weighted by Gasteiger charge is -2.10. The zero-order valence-corrected chi connectivity index (χ0v) is 10.1. The van der Waals surface area contributed by atoms with E-state index in [0.717, 1.165) is 5.57 Å². The predicted octanol–water partition coefficient (Wildman–Crippen LogP) is 2.73. The number of nitrogens with zero attached hydrogens (tertiary/aromatic N) is 1. The Morgan fingerprint density at radius 2 is 1.88 bits per heavy atom. The van der Waals surface area contributed by atoms with Crippen molar-refractivity contribution < 1.29 is 14.4 Å². The summed E-state index contributed by atoms with van der Waals surface area (Å²) in [5.74, 6) is 0.832. The smallest absolute Gasteiger partial charge is 0.276 e. The summed E-state index contributed by atoms with van der Waals surface area (Å²) in [7, 11) is 2.94. The summed E-state index contributed by atoms with van der Waals surface area (Å²) in [4.78, 5) is 10.5. The van der Waals surface area contributed by atoms with Gasteiger partial charge in [0, 0.05) is 5.56 Å². The van der Waals surface area contributed by atoms with Crippen LogP contribution in [0.2, 0.25) is 0 Å². The number of allylic oxidation sites excluding steroid dienone is 1. The molecule has 0 aliphatic rings. The number of nitro benzene ring substituents is 1. The van der Waals surface area contributed by atoms with Crippen molar-refractivity contribution in [3.8, 4) is 11.5 Å². The molecule has 0 saturated carbocycles. The second-order valence-corrected chi connectivity index (χ2v) is 3.73. The molecular weight excluding hydrogens is 222 g/mol. The molecule has 0 aromatic heterocycles. The van der Waals surface area contributed by atoms with E-state index in [1.54, 1.807) is 6.07 Å². The number of benzene rings is 1. The lowest BCUT2D eigenvalue weighted by molar-refractivity contribution is -0.385. The predicted molar refractivity (Wildman–Crippen MR) is 64.7 cm³/mol. The monoisotopic (exact) mass is 237 g/mol. The number of rotatable bonds is 5. The Kier molecular flexibility index (Phi) is 4.09. The number of methoxy groups -OCH3 is 2. The highest BCUT2D eigenvalue weighted by molar-refractivity contribution is 5.55. The largest absolute Gasteiger partial charge is 0.493 e. The quantitative estimate of drug-likeness (QED) is 0.448. The topological polar surface area (TPSA) is 61.6 Å². The first kappa shape index (κ1) is 13.0. The summed E-state index contributed by atoms with van der Waals surface area (Å²) in [6.45, 7) is 5.57. The van der Waals surface area contributed by atoms with Crippen molar-refractivity contribution in [2.24, 2.45) is 0 Å². The second kappa shape index (κ2) is 5.34. The van der Waals surface area contributed by atoms with Crippen LogP contribution < -0.4 is 9.47 Å². The molecule has 1 aromatic carbocycles. The normalized spacial score (nSPS) is 9.82. The van der Waals surface area contributed by atoms with Gasteiger partial charge in [-0.2, -0.15) is 0 Å². The van der Waals surface area contributed by atoms with Crippen LogP contribution in [0.5, 0.6) is 11.5 Å².